The molecule has 0 radical (unpaired) electrons. The molecule has 118 valence electrons. The Morgan fingerprint density at radius 3 is 2.61 bits per heavy atom. The average molecular weight is 311 g/mol. The number of hydrogen-bond acceptors (Lipinski definition) is 4. The number of aromatic nitrogens is 1. The maximum absolute atomic E-state index is 12.8. The number of nitro groups is 1. The van der Waals surface area contributed by atoms with Crippen molar-refractivity contribution in [3.8, 4) is 0 Å². The van der Waals surface area contributed by atoms with E-state index in [2.05, 4.69) is 4.98 Å². The molecule has 0 atom stereocenters. The van der Waals surface area contributed by atoms with Gasteiger partial charge in [-0.2, -0.15) is 0 Å². The summed E-state index contributed by atoms with van der Waals surface area (Å²) in [5.41, 5.74) is 1.90. The highest BCUT2D eigenvalue weighted by Gasteiger charge is 2.33. The fraction of sp³-hybridized carbons (Fsp3) is 0.294. The second-order valence-corrected chi connectivity index (χ2v) is 5.78. The first-order valence-electron chi connectivity index (χ1n) is 7.51. The van der Waals surface area contributed by atoms with Crippen LogP contribution in [0.4, 0.5) is 5.69 Å². The summed E-state index contributed by atoms with van der Waals surface area (Å²) in [7, 11) is 0. The van der Waals surface area contributed by atoms with E-state index in [1.807, 2.05) is 12.1 Å². The van der Waals surface area contributed by atoms with E-state index in [-0.39, 0.29) is 17.6 Å². The Kier molecular flexibility index (Phi) is 4.06. The summed E-state index contributed by atoms with van der Waals surface area (Å²) >= 11 is 0. The lowest BCUT2D eigenvalue weighted by Crippen LogP contribution is -2.32. The van der Waals surface area contributed by atoms with E-state index in [9.17, 15) is 14.9 Å². The summed E-state index contributed by atoms with van der Waals surface area (Å²) in [6.45, 7) is 2.16. The molecule has 1 saturated carbocycles. The minimum atomic E-state index is -0.448. The highest BCUT2D eigenvalue weighted by Crippen LogP contribution is 2.30. The van der Waals surface area contributed by atoms with E-state index >= 15 is 0 Å². The van der Waals surface area contributed by atoms with Gasteiger partial charge in [0.25, 0.3) is 11.6 Å². The number of rotatable bonds is 5. The molecular formula is C17H17N3O3. The first kappa shape index (κ1) is 15.1. The van der Waals surface area contributed by atoms with Gasteiger partial charge in [0, 0.05) is 42.2 Å². The molecule has 0 aliphatic heterocycles. The van der Waals surface area contributed by atoms with Gasteiger partial charge < -0.3 is 4.90 Å². The van der Waals surface area contributed by atoms with Crippen molar-refractivity contribution >= 4 is 11.6 Å². The fourth-order valence-electron chi connectivity index (χ4n) is 2.54. The van der Waals surface area contributed by atoms with Gasteiger partial charge in [0.05, 0.1) is 4.92 Å². The van der Waals surface area contributed by atoms with Crippen molar-refractivity contribution in [1.29, 1.82) is 0 Å². The molecule has 2 aromatic rings. The molecule has 1 aliphatic carbocycles. The molecule has 6 nitrogen and oxygen atoms in total. The van der Waals surface area contributed by atoms with Crippen molar-refractivity contribution < 1.29 is 9.72 Å². The number of pyridine rings is 1. The van der Waals surface area contributed by atoms with E-state index in [0.717, 1.165) is 18.4 Å². The summed E-state index contributed by atoms with van der Waals surface area (Å²) < 4.78 is 0. The standard InChI is InChI=1S/C17H17N3O3/c1-12-2-3-14(10-16(12)20(22)23)17(21)19(15-4-5-15)11-13-6-8-18-9-7-13/h2-3,6-10,15H,4-5,11H2,1H3. The molecule has 0 unspecified atom stereocenters. The predicted octanol–water partition coefficient (Wildman–Crippen LogP) is 3.10. The number of amides is 1. The predicted molar refractivity (Wildman–Crippen MR) is 85.0 cm³/mol. The van der Waals surface area contributed by atoms with E-state index in [4.69, 9.17) is 0 Å². The van der Waals surface area contributed by atoms with Crippen LogP contribution in [-0.2, 0) is 6.54 Å². The lowest BCUT2D eigenvalue weighted by molar-refractivity contribution is -0.385. The van der Waals surface area contributed by atoms with Crippen molar-refractivity contribution in [1.82, 2.24) is 9.88 Å². The second kappa shape index (κ2) is 6.16. The molecule has 1 aromatic carbocycles. The third-order valence-electron chi connectivity index (χ3n) is 4.00. The smallest absolute Gasteiger partial charge is 0.273 e. The molecular weight excluding hydrogens is 294 g/mol. The fourth-order valence-corrected chi connectivity index (χ4v) is 2.54. The Bertz CT molecular complexity index is 742. The molecule has 0 bridgehead atoms. The van der Waals surface area contributed by atoms with Crippen molar-refractivity contribution in [2.75, 3.05) is 0 Å². The van der Waals surface area contributed by atoms with E-state index in [1.54, 1.807) is 36.4 Å². The van der Waals surface area contributed by atoms with Crippen LogP contribution in [0.1, 0.15) is 34.3 Å². The van der Waals surface area contributed by atoms with E-state index in [0.29, 0.717) is 17.7 Å². The maximum atomic E-state index is 12.8. The minimum absolute atomic E-state index is 0.0180. The van der Waals surface area contributed by atoms with Crippen LogP contribution in [0.2, 0.25) is 0 Å². The average Bonchev–Trinajstić information content (AvgIpc) is 3.38. The van der Waals surface area contributed by atoms with Crippen molar-refractivity contribution in [3.05, 3.63) is 69.5 Å². The van der Waals surface area contributed by atoms with Crippen LogP contribution in [0, 0.1) is 17.0 Å². The van der Waals surface area contributed by atoms with E-state index in [1.165, 1.54) is 6.07 Å². The molecule has 1 aromatic heterocycles. The summed E-state index contributed by atoms with van der Waals surface area (Å²) in [6.07, 6.45) is 5.35. The molecule has 23 heavy (non-hydrogen) atoms. The van der Waals surface area contributed by atoms with Gasteiger partial charge in [-0.25, -0.2) is 0 Å². The zero-order valence-corrected chi connectivity index (χ0v) is 12.8. The number of nitrogens with zero attached hydrogens (tertiary/aromatic N) is 3. The van der Waals surface area contributed by atoms with Gasteiger partial charge in [-0.15, -0.1) is 0 Å². The molecule has 0 N–H and O–H groups in total. The Morgan fingerprint density at radius 1 is 1.30 bits per heavy atom. The van der Waals surface area contributed by atoms with Crippen LogP contribution < -0.4 is 0 Å². The number of nitro benzene ring substituents is 1. The zero-order valence-electron chi connectivity index (χ0n) is 12.8. The number of aryl methyl sites for hydroxylation is 1. The largest absolute Gasteiger partial charge is 0.331 e. The Labute approximate surface area is 133 Å². The Morgan fingerprint density at radius 2 is 2.00 bits per heavy atom. The molecule has 1 amide bonds. The number of carbonyl (C=O) groups is 1. The lowest BCUT2D eigenvalue weighted by atomic mass is 10.1. The Balaban J connectivity index is 1.87. The van der Waals surface area contributed by atoms with Crippen molar-refractivity contribution in [2.24, 2.45) is 0 Å². The summed E-state index contributed by atoms with van der Waals surface area (Å²) in [4.78, 5) is 29.2. The third kappa shape index (κ3) is 3.36. The van der Waals surface area contributed by atoms with Crippen molar-refractivity contribution in [2.45, 2.75) is 32.4 Å². The molecule has 1 heterocycles. The highest BCUT2D eigenvalue weighted by atomic mass is 16.6. The first-order chi connectivity index (χ1) is 11.1. The van der Waals surface area contributed by atoms with Crippen LogP contribution >= 0.6 is 0 Å². The third-order valence-corrected chi connectivity index (χ3v) is 4.00. The Hall–Kier alpha value is -2.76. The van der Waals surface area contributed by atoms with Gasteiger partial charge in [-0.05, 0) is 43.5 Å². The highest BCUT2D eigenvalue weighted by molar-refractivity contribution is 5.95. The maximum Gasteiger partial charge on any atom is 0.273 e. The molecule has 6 heteroatoms. The van der Waals surface area contributed by atoms with Gasteiger partial charge in [0.15, 0.2) is 0 Å². The molecule has 1 aliphatic rings. The number of carbonyl (C=O) groups excluding carboxylic acids is 1. The summed E-state index contributed by atoms with van der Waals surface area (Å²) in [5.74, 6) is -0.160. The number of hydrogen-bond donors (Lipinski definition) is 0. The normalized spacial score (nSPS) is 13.6. The monoisotopic (exact) mass is 311 g/mol. The van der Waals surface area contributed by atoms with Crippen molar-refractivity contribution in [3.63, 3.8) is 0 Å². The van der Waals surface area contributed by atoms with Crippen LogP contribution in [-0.4, -0.2) is 26.8 Å². The number of benzene rings is 1. The SMILES string of the molecule is Cc1ccc(C(=O)N(Cc2ccncc2)C2CC2)cc1[N+](=O)[O-]. The van der Waals surface area contributed by atoms with E-state index < -0.39 is 4.92 Å². The summed E-state index contributed by atoms with van der Waals surface area (Å²) in [5, 5.41) is 11.1. The molecule has 1 fully saturated rings. The van der Waals surface area contributed by atoms with Gasteiger partial charge >= 0.3 is 0 Å². The van der Waals surface area contributed by atoms with Crippen LogP contribution in [0.15, 0.2) is 42.7 Å². The zero-order chi connectivity index (χ0) is 16.4. The van der Waals surface area contributed by atoms with Crippen LogP contribution in [0.3, 0.4) is 0 Å². The first-order valence-corrected chi connectivity index (χ1v) is 7.51. The quantitative estimate of drug-likeness (QED) is 0.628. The van der Waals surface area contributed by atoms with Gasteiger partial charge in [-0.3, -0.25) is 19.9 Å². The molecule has 0 saturated heterocycles. The minimum Gasteiger partial charge on any atom is -0.331 e. The lowest BCUT2D eigenvalue weighted by Gasteiger charge is -2.22. The van der Waals surface area contributed by atoms with Crippen LogP contribution in [0.5, 0.6) is 0 Å². The molecule has 3 rings (SSSR count). The molecule has 0 spiro atoms. The van der Waals surface area contributed by atoms with Crippen LogP contribution in [0.25, 0.3) is 0 Å². The van der Waals surface area contributed by atoms with Gasteiger partial charge in [0.2, 0.25) is 0 Å². The summed E-state index contributed by atoms with van der Waals surface area (Å²) in [6, 6.07) is 8.63. The van der Waals surface area contributed by atoms with Gasteiger partial charge in [-0.1, -0.05) is 6.07 Å². The second-order valence-electron chi connectivity index (χ2n) is 5.78. The van der Waals surface area contributed by atoms with Gasteiger partial charge in [0.1, 0.15) is 0 Å². The topological polar surface area (TPSA) is 76.3 Å².